The second-order valence-corrected chi connectivity index (χ2v) is 5.35. The van der Waals surface area contributed by atoms with E-state index in [1.165, 1.54) is 24.3 Å². The minimum absolute atomic E-state index is 0.117. The fraction of sp³-hybridized carbons (Fsp3) is 0.0588. The summed E-state index contributed by atoms with van der Waals surface area (Å²) in [5.41, 5.74) is 2.20. The molecule has 0 unspecified atom stereocenters. The van der Waals surface area contributed by atoms with Crippen LogP contribution in [-0.2, 0) is 0 Å². The minimum Gasteiger partial charge on any atom is -0.478 e. The van der Waals surface area contributed by atoms with Crippen LogP contribution in [0.4, 0.5) is 4.39 Å². The second kappa shape index (κ2) is 5.39. The van der Waals surface area contributed by atoms with Crippen molar-refractivity contribution < 1.29 is 14.3 Å². The SMILES string of the molecule is Cc1cc(-c2c(F)cccc2Cl)c2cc(C(=O)O)ccc2n1. The van der Waals surface area contributed by atoms with Gasteiger partial charge < -0.3 is 5.11 Å². The largest absolute Gasteiger partial charge is 0.478 e. The lowest BCUT2D eigenvalue weighted by Gasteiger charge is -2.11. The molecular weight excluding hydrogens is 305 g/mol. The van der Waals surface area contributed by atoms with Crippen LogP contribution in [0.15, 0.2) is 42.5 Å². The molecule has 0 atom stereocenters. The maximum absolute atomic E-state index is 14.2. The van der Waals surface area contributed by atoms with E-state index in [1.54, 1.807) is 25.1 Å². The predicted molar refractivity (Wildman–Crippen MR) is 83.8 cm³/mol. The van der Waals surface area contributed by atoms with Crippen LogP contribution in [0, 0.1) is 12.7 Å². The molecule has 2 aromatic carbocycles. The van der Waals surface area contributed by atoms with E-state index in [9.17, 15) is 9.18 Å². The number of aromatic carboxylic acids is 1. The number of carboxylic acids is 1. The molecule has 0 radical (unpaired) electrons. The van der Waals surface area contributed by atoms with Crippen LogP contribution in [0.3, 0.4) is 0 Å². The molecule has 1 aromatic heterocycles. The zero-order chi connectivity index (χ0) is 15.9. The second-order valence-electron chi connectivity index (χ2n) is 4.94. The number of rotatable bonds is 2. The average Bonchev–Trinajstić information content (AvgIpc) is 2.46. The molecule has 5 heteroatoms. The van der Waals surface area contributed by atoms with Crippen molar-refractivity contribution in [1.82, 2.24) is 4.98 Å². The smallest absolute Gasteiger partial charge is 0.335 e. The van der Waals surface area contributed by atoms with Crippen molar-refractivity contribution in [2.45, 2.75) is 6.92 Å². The van der Waals surface area contributed by atoms with Gasteiger partial charge in [-0.2, -0.15) is 0 Å². The number of carbonyl (C=O) groups is 1. The maximum Gasteiger partial charge on any atom is 0.335 e. The number of hydrogen-bond donors (Lipinski definition) is 1. The Hall–Kier alpha value is -2.46. The van der Waals surface area contributed by atoms with Crippen molar-refractivity contribution in [2.75, 3.05) is 0 Å². The average molecular weight is 316 g/mol. The third-order valence-corrected chi connectivity index (χ3v) is 3.73. The highest BCUT2D eigenvalue weighted by atomic mass is 35.5. The topological polar surface area (TPSA) is 50.2 Å². The zero-order valence-electron chi connectivity index (χ0n) is 11.6. The van der Waals surface area contributed by atoms with Crippen molar-refractivity contribution in [3.8, 4) is 11.1 Å². The first-order valence-corrected chi connectivity index (χ1v) is 6.94. The number of aromatic nitrogens is 1. The van der Waals surface area contributed by atoms with Crippen LogP contribution in [0.25, 0.3) is 22.0 Å². The summed E-state index contributed by atoms with van der Waals surface area (Å²) in [7, 11) is 0. The maximum atomic E-state index is 14.2. The Bertz CT molecular complexity index is 888. The van der Waals surface area contributed by atoms with E-state index in [-0.39, 0.29) is 16.1 Å². The van der Waals surface area contributed by atoms with Gasteiger partial charge in [0, 0.05) is 16.6 Å². The van der Waals surface area contributed by atoms with E-state index in [2.05, 4.69) is 4.98 Å². The molecule has 0 aliphatic carbocycles. The molecule has 0 saturated carbocycles. The standard InChI is InChI=1S/C17H11ClFNO2/c1-9-7-12(16-13(18)3-2-4-14(16)19)11-8-10(17(21)22)5-6-15(11)20-9/h2-8H,1H3,(H,21,22). The molecule has 0 amide bonds. The van der Waals surface area contributed by atoms with E-state index in [4.69, 9.17) is 16.7 Å². The van der Waals surface area contributed by atoms with Gasteiger partial charge in [0.15, 0.2) is 0 Å². The fourth-order valence-electron chi connectivity index (χ4n) is 2.45. The summed E-state index contributed by atoms with van der Waals surface area (Å²) in [6.45, 7) is 1.79. The molecule has 0 spiro atoms. The number of hydrogen-bond acceptors (Lipinski definition) is 2. The summed E-state index contributed by atoms with van der Waals surface area (Å²) < 4.78 is 14.2. The highest BCUT2D eigenvalue weighted by Gasteiger charge is 2.15. The zero-order valence-corrected chi connectivity index (χ0v) is 12.4. The Morgan fingerprint density at radius 2 is 2.00 bits per heavy atom. The monoisotopic (exact) mass is 315 g/mol. The van der Waals surface area contributed by atoms with Gasteiger partial charge in [0.05, 0.1) is 16.1 Å². The van der Waals surface area contributed by atoms with Gasteiger partial charge in [-0.25, -0.2) is 9.18 Å². The number of pyridine rings is 1. The highest BCUT2D eigenvalue weighted by molar-refractivity contribution is 6.33. The third-order valence-electron chi connectivity index (χ3n) is 3.42. The molecular formula is C17H11ClFNO2. The summed E-state index contributed by atoms with van der Waals surface area (Å²) in [5, 5.41) is 9.97. The van der Waals surface area contributed by atoms with Gasteiger partial charge in [-0.05, 0) is 48.9 Å². The van der Waals surface area contributed by atoms with Crippen LogP contribution in [0.1, 0.15) is 16.1 Å². The van der Waals surface area contributed by atoms with Crippen LogP contribution in [0.5, 0.6) is 0 Å². The Kier molecular flexibility index (Phi) is 3.54. The third kappa shape index (κ3) is 2.42. The molecule has 3 nitrogen and oxygen atoms in total. The summed E-state index contributed by atoms with van der Waals surface area (Å²) >= 11 is 6.14. The van der Waals surface area contributed by atoms with Gasteiger partial charge in [-0.15, -0.1) is 0 Å². The molecule has 0 aliphatic heterocycles. The van der Waals surface area contributed by atoms with Crippen molar-refractivity contribution in [1.29, 1.82) is 0 Å². The van der Waals surface area contributed by atoms with Crippen LogP contribution in [0.2, 0.25) is 5.02 Å². The molecule has 0 bridgehead atoms. The Morgan fingerprint density at radius 3 is 2.68 bits per heavy atom. The number of aryl methyl sites for hydroxylation is 1. The quantitative estimate of drug-likeness (QED) is 0.745. The van der Waals surface area contributed by atoms with Gasteiger partial charge in [0.1, 0.15) is 5.82 Å². The van der Waals surface area contributed by atoms with Gasteiger partial charge in [0.2, 0.25) is 0 Å². The number of fused-ring (bicyclic) bond motifs is 1. The van der Waals surface area contributed by atoms with Gasteiger partial charge in [-0.3, -0.25) is 4.98 Å². The highest BCUT2D eigenvalue weighted by Crippen LogP contribution is 2.35. The van der Waals surface area contributed by atoms with Crippen LogP contribution in [-0.4, -0.2) is 16.1 Å². The molecule has 1 N–H and O–H groups in total. The first-order chi connectivity index (χ1) is 10.5. The molecule has 3 rings (SSSR count). The van der Waals surface area contributed by atoms with Gasteiger partial charge in [-0.1, -0.05) is 17.7 Å². The first-order valence-electron chi connectivity index (χ1n) is 6.56. The predicted octanol–water partition coefficient (Wildman–Crippen LogP) is 4.70. The molecule has 3 aromatic rings. The van der Waals surface area contributed by atoms with Crippen molar-refractivity contribution in [2.24, 2.45) is 0 Å². The Labute approximate surface area is 131 Å². The molecule has 0 saturated heterocycles. The Morgan fingerprint density at radius 1 is 1.23 bits per heavy atom. The van der Waals surface area contributed by atoms with E-state index < -0.39 is 11.8 Å². The minimum atomic E-state index is -1.05. The number of nitrogens with zero attached hydrogens (tertiary/aromatic N) is 1. The number of halogens is 2. The van der Waals surface area contributed by atoms with Crippen molar-refractivity contribution in [3.63, 3.8) is 0 Å². The van der Waals surface area contributed by atoms with Crippen molar-refractivity contribution >= 4 is 28.5 Å². The van der Waals surface area contributed by atoms with Gasteiger partial charge >= 0.3 is 5.97 Å². The molecule has 0 fully saturated rings. The van der Waals surface area contributed by atoms with Crippen LogP contribution >= 0.6 is 11.6 Å². The fourth-order valence-corrected chi connectivity index (χ4v) is 2.72. The lowest BCUT2D eigenvalue weighted by molar-refractivity contribution is 0.0697. The summed E-state index contributed by atoms with van der Waals surface area (Å²) in [4.78, 5) is 15.5. The summed E-state index contributed by atoms with van der Waals surface area (Å²) in [6.07, 6.45) is 0. The molecule has 110 valence electrons. The Balaban J connectivity index is 2.42. The van der Waals surface area contributed by atoms with E-state index >= 15 is 0 Å². The lowest BCUT2D eigenvalue weighted by atomic mass is 9.98. The molecule has 0 aliphatic rings. The number of benzene rings is 2. The van der Waals surface area contributed by atoms with Gasteiger partial charge in [0.25, 0.3) is 0 Å². The van der Waals surface area contributed by atoms with E-state index in [1.807, 2.05) is 0 Å². The van der Waals surface area contributed by atoms with Crippen LogP contribution < -0.4 is 0 Å². The molecule has 1 heterocycles. The normalized spacial score (nSPS) is 10.9. The lowest BCUT2D eigenvalue weighted by Crippen LogP contribution is -1.98. The number of carboxylic acid groups (broad SMARTS) is 1. The van der Waals surface area contributed by atoms with E-state index in [0.29, 0.717) is 22.2 Å². The first kappa shape index (κ1) is 14.5. The summed E-state index contributed by atoms with van der Waals surface area (Å²) in [5.74, 6) is -1.51. The van der Waals surface area contributed by atoms with E-state index in [0.717, 1.165) is 0 Å². The van der Waals surface area contributed by atoms with Crippen molar-refractivity contribution in [3.05, 3.63) is 64.6 Å². The summed E-state index contributed by atoms with van der Waals surface area (Å²) in [6, 6.07) is 10.7. The molecule has 22 heavy (non-hydrogen) atoms.